The van der Waals surface area contributed by atoms with Crippen LogP contribution < -0.4 is 5.32 Å². The molecule has 1 fully saturated rings. The highest BCUT2D eigenvalue weighted by molar-refractivity contribution is 7.53. The van der Waals surface area contributed by atoms with Crippen LogP contribution in [-0.4, -0.2) is 21.6 Å². The Bertz CT molecular complexity index is 362. The van der Waals surface area contributed by atoms with Crippen molar-refractivity contribution in [3.8, 4) is 0 Å². The van der Waals surface area contributed by atoms with Gasteiger partial charge >= 0.3 is 7.60 Å². The predicted molar refractivity (Wildman–Crippen MR) is 97.6 cm³/mol. The van der Waals surface area contributed by atoms with Gasteiger partial charge in [-0.15, -0.1) is 0 Å². The Morgan fingerprint density at radius 3 is 1.74 bits per heavy atom. The standard InChI is InChI=1S/C18H38NO3P/c1-4-7-10-17(11-8-5-2)12-14-18(15-13-17,23(20,21)22)19-16-9-6-3/h19H,4-16H2,1-3H3,(H2,20,21,22). The fourth-order valence-electron chi connectivity index (χ4n) is 3.99. The van der Waals surface area contributed by atoms with Gasteiger partial charge in [-0.05, 0) is 56.9 Å². The van der Waals surface area contributed by atoms with Gasteiger partial charge in [-0.2, -0.15) is 0 Å². The van der Waals surface area contributed by atoms with Crippen molar-refractivity contribution in [3.63, 3.8) is 0 Å². The van der Waals surface area contributed by atoms with Crippen LogP contribution in [0.1, 0.15) is 97.8 Å². The lowest BCUT2D eigenvalue weighted by Crippen LogP contribution is -2.50. The SMILES string of the molecule is CCCCNC1(P(=O)(O)O)CCC(CCCC)(CCCC)CC1. The molecule has 138 valence electrons. The second-order valence-corrected chi connectivity index (χ2v) is 9.51. The average molecular weight is 347 g/mol. The molecule has 0 radical (unpaired) electrons. The molecule has 0 spiro atoms. The molecule has 0 aromatic heterocycles. The van der Waals surface area contributed by atoms with Gasteiger partial charge in [0.1, 0.15) is 5.28 Å². The lowest BCUT2D eigenvalue weighted by Gasteiger charge is -2.47. The van der Waals surface area contributed by atoms with Crippen molar-refractivity contribution in [2.75, 3.05) is 6.54 Å². The Balaban J connectivity index is 2.80. The van der Waals surface area contributed by atoms with E-state index in [0.29, 0.717) is 24.8 Å². The smallest absolute Gasteiger partial charge is 0.323 e. The third-order valence-electron chi connectivity index (χ3n) is 5.80. The molecule has 0 heterocycles. The molecular formula is C18H38NO3P. The maximum atomic E-state index is 12.2. The van der Waals surface area contributed by atoms with E-state index >= 15 is 0 Å². The first-order valence-corrected chi connectivity index (χ1v) is 11.3. The summed E-state index contributed by atoms with van der Waals surface area (Å²) < 4.78 is 12.2. The normalized spacial score (nSPS) is 20.6. The van der Waals surface area contributed by atoms with Gasteiger partial charge in [0.05, 0.1) is 0 Å². The Morgan fingerprint density at radius 1 is 0.870 bits per heavy atom. The van der Waals surface area contributed by atoms with Gasteiger partial charge in [0.15, 0.2) is 0 Å². The van der Waals surface area contributed by atoms with E-state index in [1.54, 1.807) is 0 Å². The monoisotopic (exact) mass is 347 g/mol. The molecule has 1 rings (SSSR count). The molecule has 0 aliphatic heterocycles. The third kappa shape index (κ3) is 5.85. The number of hydrogen-bond donors (Lipinski definition) is 3. The highest BCUT2D eigenvalue weighted by atomic mass is 31.2. The fourth-order valence-corrected chi connectivity index (χ4v) is 5.12. The highest BCUT2D eigenvalue weighted by Gasteiger charge is 2.51. The van der Waals surface area contributed by atoms with Crippen LogP contribution in [0.4, 0.5) is 0 Å². The molecule has 0 aromatic rings. The molecule has 1 saturated carbocycles. The summed E-state index contributed by atoms with van der Waals surface area (Å²) in [4.78, 5) is 19.9. The lowest BCUT2D eigenvalue weighted by atomic mass is 9.66. The van der Waals surface area contributed by atoms with Gasteiger partial charge in [0.2, 0.25) is 0 Å². The van der Waals surface area contributed by atoms with Crippen LogP contribution in [0.15, 0.2) is 0 Å². The molecule has 0 amide bonds. The quantitative estimate of drug-likeness (QED) is 0.355. The van der Waals surface area contributed by atoms with E-state index in [1.807, 2.05) is 0 Å². The first-order chi connectivity index (χ1) is 10.8. The second-order valence-electron chi connectivity index (χ2n) is 7.56. The first kappa shape index (κ1) is 21.2. The summed E-state index contributed by atoms with van der Waals surface area (Å²) in [5.41, 5.74) is 0.317. The van der Waals surface area contributed by atoms with E-state index in [2.05, 4.69) is 26.1 Å². The summed E-state index contributed by atoms with van der Waals surface area (Å²) >= 11 is 0. The van der Waals surface area contributed by atoms with Crippen LogP contribution >= 0.6 is 7.60 Å². The predicted octanol–water partition coefficient (Wildman–Crippen LogP) is 5.19. The Kier molecular flexibility index (Phi) is 8.79. The molecule has 0 aromatic carbocycles. The summed E-state index contributed by atoms with van der Waals surface area (Å²) in [7, 11) is -4.13. The zero-order chi connectivity index (χ0) is 17.4. The van der Waals surface area contributed by atoms with Crippen LogP contribution in [0, 0.1) is 5.41 Å². The number of nitrogens with one attached hydrogen (secondary N) is 1. The number of hydrogen-bond acceptors (Lipinski definition) is 2. The Hall–Kier alpha value is 0.110. The van der Waals surface area contributed by atoms with Crippen LogP contribution in [0.5, 0.6) is 0 Å². The van der Waals surface area contributed by atoms with E-state index in [4.69, 9.17) is 0 Å². The molecule has 5 heteroatoms. The third-order valence-corrected chi connectivity index (χ3v) is 7.52. The summed E-state index contributed by atoms with van der Waals surface area (Å²) in [6, 6.07) is 0. The summed E-state index contributed by atoms with van der Waals surface area (Å²) in [6.45, 7) is 7.26. The first-order valence-electron chi connectivity index (χ1n) is 9.65. The van der Waals surface area contributed by atoms with Crippen molar-refractivity contribution in [1.29, 1.82) is 0 Å². The number of unbranched alkanes of at least 4 members (excludes halogenated alkanes) is 3. The summed E-state index contributed by atoms with van der Waals surface area (Å²) in [5, 5.41) is 2.29. The van der Waals surface area contributed by atoms with Crippen molar-refractivity contribution in [2.24, 2.45) is 5.41 Å². The van der Waals surface area contributed by atoms with Gasteiger partial charge in [0.25, 0.3) is 0 Å². The van der Waals surface area contributed by atoms with E-state index in [1.165, 1.54) is 38.5 Å². The average Bonchev–Trinajstić information content (AvgIpc) is 2.52. The van der Waals surface area contributed by atoms with E-state index < -0.39 is 12.9 Å². The minimum atomic E-state index is -4.13. The second kappa shape index (κ2) is 9.56. The lowest BCUT2D eigenvalue weighted by molar-refractivity contribution is 0.103. The molecule has 4 nitrogen and oxygen atoms in total. The molecule has 0 bridgehead atoms. The van der Waals surface area contributed by atoms with Gasteiger partial charge in [-0.3, -0.25) is 4.57 Å². The van der Waals surface area contributed by atoms with Crippen molar-refractivity contribution >= 4 is 7.60 Å². The largest absolute Gasteiger partial charge is 0.345 e. The van der Waals surface area contributed by atoms with Gasteiger partial charge in [0, 0.05) is 0 Å². The minimum Gasteiger partial charge on any atom is -0.323 e. The molecule has 1 aliphatic carbocycles. The van der Waals surface area contributed by atoms with Crippen molar-refractivity contribution in [1.82, 2.24) is 5.32 Å². The summed E-state index contributed by atoms with van der Waals surface area (Å²) in [5.74, 6) is 0. The molecular weight excluding hydrogens is 309 g/mol. The zero-order valence-corrected chi connectivity index (χ0v) is 16.3. The fraction of sp³-hybridized carbons (Fsp3) is 1.00. The topological polar surface area (TPSA) is 69.6 Å². The molecule has 0 unspecified atom stereocenters. The highest BCUT2D eigenvalue weighted by Crippen LogP contribution is 2.60. The zero-order valence-electron chi connectivity index (χ0n) is 15.4. The molecule has 1 aliphatic rings. The molecule has 0 atom stereocenters. The molecule has 23 heavy (non-hydrogen) atoms. The van der Waals surface area contributed by atoms with Crippen LogP contribution in [0.3, 0.4) is 0 Å². The van der Waals surface area contributed by atoms with Crippen molar-refractivity contribution in [3.05, 3.63) is 0 Å². The van der Waals surface area contributed by atoms with Gasteiger partial charge in [-0.1, -0.05) is 52.9 Å². The van der Waals surface area contributed by atoms with Crippen LogP contribution in [0.2, 0.25) is 0 Å². The van der Waals surface area contributed by atoms with E-state index in [-0.39, 0.29) is 0 Å². The maximum absolute atomic E-state index is 12.2. The van der Waals surface area contributed by atoms with Crippen LogP contribution in [-0.2, 0) is 4.57 Å². The van der Waals surface area contributed by atoms with E-state index in [9.17, 15) is 14.4 Å². The van der Waals surface area contributed by atoms with Crippen molar-refractivity contribution < 1.29 is 14.4 Å². The van der Waals surface area contributed by atoms with Crippen molar-refractivity contribution in [2.45, 2.75) is 103 Å². The minimum absolute atomic E-state index is 0.317. The molecule has 0 saturated heterocycles. The molecule has 3 N–H and O–H groups in total. The van der Waals surface area contributed by atoms with E-state index in [0.717, 1.165) is 25.7 Å². The Labute approximate surface area is 143 Å². The van der Waals surface area contributed by atoms with Gasteiger partial charge in [-0.25, -0.2) is 0 Å². The van der Waals surface area contributed by atoms with Crippen LogP contribution in [0.25, 0.3) is 0 Å². The Morgan fingerprint density at radius 2 is 1.35 bits per heavy atom. The summed E-state index contributed by atoms with van der Waals surface area (Å²) in [6.07, 6.45) is 12.5. The maximum Gasteiger partial charge on any atom is 0.345 e. The van der Waals surface area contributed by atoms with Gasteiger partial charge < -0.3 is 15.1 Å². The number of rotatable bonds is 11.